The fourth-order valence-electron chi connectivity index (χ4n) is 2.37. The zero-order valence-corrected chi connectivity index (χ0v) is 13.4. The monoisotopic (exact) mass is 301 g/mol. The van der Waals surface area contributed by atoms with E-state index in [0.29, 0.717) is 24.4 Å². The van der Waals surface area contributed by atoms with Gasteiger partial charge in [-0.3, -0.25) is 14.8 Å². The Balaban J connectivity index is 2.64. The first-order valence-electron chi connectivity index (χ1n) is 7.01. The lowest BCUT2D eigenvalue weighted by atomic mass is 9.89. The summed E-state index contributed by atoms with van der Waals surface area (Å²) in [6.45, 7) is 8.35. The molecule has 1 heterocycles. The molecular weight excluding hydrogens is 278 g/mol. The summed E-state index contributed by atoms with van der Waals surface area (Å²) in [6.07, 6.45) is 3.63. The molecule has 0 aliphatic rings. The lowest BCUT2D eigenvalue weighted by Crippen LogP contribution is -2.54. The van der Waals surface area contributed by atoms with Crippen molar-refractivity contribution < 1.29 is 9.90 Å². The van der Waals surface area contributed by atoms with Crippen molar-refractivity contribution in [2.24, 2.45) is 0 Å². The maximum Gasteiger partial charge on any atom is 0.323 e. The number of nitrogens with one attached hydrogen (secondary N) is 1. The van der Waals surface area contributed by atoms with E-state index < -0.39 is 11.5 Å². The lowest BCUT2D eigenvalue weighted by Gasteiger charge is -2.31. The number of carboxylic acid groups (broad SMARTS) is 1. The summed E-state index contributed by atoms with van der Waals surface area (Å²) < 4.78 is 1.77. The number of nitrogens with zero attached hydrogens (tertiary/aromatic N) is 2. The normalized spacial score (nSPS) is 14.5. The van der Waals surface area contributed by atoms with E-state index >= 15 is 0 Å². The Bertz CT molecular complexity index is 440. The van der Waals surface area contributed by atoms with Crippen molar-refractivity contribution in [2.45, 2.75) is 65.1 Å². The Morgan fingerprint density at radius 1 is 1.60 bits per heavy atom. The highest BCUT2D eigenvalue weighted by Gasteiger charge is 2.36. The maximum absolute atomic E-state index is 11.6. The summed E-state index contributed by atoms with van der Waals surface area (Å²) >= 11 is 5.96. The maximum atomic E-state index is 11.6. The van der Waals surface area contributed by atoms with Crippen LogP contribution >= 0.6 is 11.6 Å². The minimum absolute atomic E-state index is 0.132. The number of aryl methyl sites for hydroxylation is 2. The van der Waals surface area contributed by atoms with Gasteiger partial charge in [0, 0.05) is 18.8 Å². The number of aliphatic carboxylic acids is 1. The highest BCUT2D eigenvalue weighted by molar-refractivity contribution is 6.31. The van der Waals surface area contributed by atoms with E-state index in [9.17, 15) is 9.90 Å². The highest BCUT2D eigenvalue weighted by Crippen LogP contribution is 2.20. The molecule has 1 aromatic rings. The summed E-state index contributed by atoms with van der Waals surface area (Å²) in [6, 6.07) is 0.132. The molecule has 0 aromatic carbocycles. The van der Waals surface area contributed by atoms with Crippen LogP contribution in [0.15, 0.2) is 6.20 Å². The summed E-state index contributed by atoms with van der Waals surface area (Å²) in [4.78, 5) is 11.6. The van der Waals surface area contributed by atoms with Gasteiger partial charge in [0.15, 0.2) is 0 Å². The van der Waals surface area contributed by atoms with Gasteiger partial charge >= 0.3 is 5.97 Å². The number of aromatic nitrogens is 2. The SMILES string of the molecule is CCC(CCCn1cc(Cl)c(C)n1)(NC(C)C)C(=O)O. The Morgan fingerprint density at radius 3 is 2.65 bits per heavy atom. The highest BCUT2D eigenvalue weighted by atomic mass is 35.5. The number of hydrogen-bond acceptors (Lipinski definition) is 3. The standard InChI is InChI=1S/C14H24ClN3O2/c1-5-14(13(19)20,16-10(2)3)7-6-8-18-9-12(15)11(4)17-18/h9-10,16H,5-8H2,1-4H3,(H,19,20). The van der Waals surface area contributed by atoms with Gasteiger partial charge in [-0.15, -0.1) is 0 Å². The quantitative estimate of drug-likeness (QED) is 0.775. The molecule has 1 aromatic heterocycles. The van der Waals surface area contributed by atoms with Crippen LogP contribution in [0.4, 0.5) is 0 Å². The molecule has 0 fully saturated rings. The third-order valence-electron chi connectivity index (χ3n) is 3.46. The van der Waals surface area contributed by atoms with E-state index in [4.69, 9.17) is 11.6 Å². The lowest BCUT2D eigenvalue weighted by molar-refractivity contribution is -0.145. The van der Waals surface area contributed by atoms with Crippen LogP contribution in [0.3, 0.4) is 0 Å². The van der Waals surface area contributed by atoms with Gasteiger partial charge in [-0.2, -0.15) is 5.10 Å². The van der Waals surface area contributed by atoms with Crippen LogP contribution in [-0.4, -0.2) is 32.4 Å². The molecule has 6 heteroatoms. The Kier molecular flexibility index (Phi) is 6.02. The van der Waals surface area contributed by atoms with Gasteiger partial charge in [-0.25, -0.2) is 0 Å². The first-order valence-corrected chi connectivity index (χ1v) is 7.39. The van der Waals surface area contributed by atoms with Gasteiger partial charge in [0.25, 0.3) is 0 Å². The van der Waals surface area contributed by atoms with Gasteiger partial charge in [0.2, 0.25) is 0 Å². The van der Waals surface area contributed by atoms with Crippen LogP contribution in [-0.2, 0) is 11.3 Å². The number of carboxylic acids is 1. The van der Waals surface area contributed by atoms with Crippen LogP contribution in [0.25, 0.3) is 0 Å². The zero-order chi connectivity index (χ0) is 15.3. The molecule has 0 spiro atoms. The first-order chi connectivity index (χ1) is 9.30. The fourth-order valence-corrected chi connectivity index (χ4v) is 2.52. The first kappa shape index (κ1) is 17.0. The molecule has 114 valence electrons. The number of rotatable bonds is 8. The van der Waals surface area contributed by atoms with Gasteiger partial charge in [0.1, 0.15) is 5.54 Å². The van der Waals surface area contributed by atoms with Gasteiger partial charge in [0.05, 0.1) is 10.7 Å². The summed E-state index contributed by atoms with van der Waals surface area (Å²) in [5, 5.41) is 17.6. The molecule has 0 aliphatic heterocycles. The predicted molar refractivity (Wildman–Crippen MR) is 80.1 cm³/mol. The minimum Gasteiger partial charge on any atom is -0.480 e. The van der Waals surface area contributed by atoms with Gasteiger partial charge < -0.3 is 5.11 Å². The second kappa shape index (κ2) is 7.09. The second-order valence-electron chi connectivity index (χ2n) is 5.47. The van der Waals surface area contributed by atoms with Crippen LogP contribution in [0, 0.1) is 6.92 Å². The molecule has 0 radical (unpaired) electrons. The molecule has 2 N–H and O–H groups in total. The van der Waals surface area contributed by atoms with E-state index in [1.54, 1.807) is 10.9 Å². The van der Waals surface area contributed by atoms with Crippen molar-refractivity contribution in [3.63, 3.8) is 0 Å². The van der Waals surface area contributed by atoms with Crippen molar-refractivity contribution in [3.8, 4) is 0 Å². The van der Waals surface area contributed by atoms with E-state index in [0.717, 1.165) is 12.1 Å². The van der Waals surface area contributed by atoms with Crippen molar-refractivity contribution in [1.82, 2.24) is 15.1 Å². The Hall–Kier alpha value is -1.07. The number of halogens is 1. The number of hydrogen-bond donors (Lipinski definition) is 2. The van der Waals surface area contributed by atoms with E-state index in [2.05, 4.69) is 10.4 Å². The van der Waals surface area contributed by atoms with Gasteiger partial charge in [-0.05, 0) is 40.0 Å². The third-order valence-corrected chi connectivity index (χ3v) is 3.83. The fraction of sp³-hybridized carbons (Fsp3) is 0.714. The zero-order valence-electron chi connectivity index (χ0n) is 12.6. The topological polar surface area (TPSA) is 67.2 Å². The molecule has 0 saturated carbocycles. The molecule has 20 heavy (non-hydrogen) atoms. The molecular formula is C14H24ClN3O2. The summed E-state index contributed by atoms with van der Waals surface area (Å²) in [5.74, 6) is -0.789. The summed E-state index contributed by atoms with van der Waals surface area (Å²) in [5.41, 5.74) is -0.0628. The van der Waals surface area contributed by atoms with Crippen LogP contribution < -0.4 is 5.32 Å². The minimum atomic E-state index is -0.861. The van der Waals surface area contributed by atoms with Crippen LogP contribution in [0.1, 0.15) is 45.7 Å². The molecule has 0 amide bonds. The molecule has 1 rings (SSSR count). The molecule has 0 saturated heterocycles. The van der Waals surface area contributed by atoms with Crippen molar-refractivity contribution in [3.05, 3.63) is 16.9 Å². The average Bonchev–Trinajstić information content (AvgIpc) is 2.66. The molecule has 0 bridgehead atoms. The van der Waals surface area contributed by atoms with E-state index in [1.807, 2.05) is 27.7 Å². The smallest absolute Gasteiger partial charge is 0.323 e. The molecule has 0 aliphatic carbocycles. The number of carbonyl (C=O) groups is 1. The molecule has 5 nitrogen and oxygen atoms in total. The van der Waals surface area contributed by atoms with Gasteiger partial charge in [-0.1, -0.05) is 18.5 Å². The van der Waals surface area contributed by atoms with Crippen molar-refractivity contribution in [1.29, 1.82) is 0 Å². The second-order valence-corrected chi connectivity index (χ2v) is 5.88. The van der Waals surface area contributed by atoms with Crippen LogP contribution in [0.5, 0.6) is 0 Å². The van der Waals surface area contributed by atoms with Crippen molar-refractivity contribution in [2.75, 3.05) is 0 Å². The third kappa shape index (κ3) is 4.21. The largest absolute Gasteiger partial charge is 0.480 e. The van der Waals surface area contributed by atoms with E-state index in [1.165, 1.54) is 0 Å². The molecule has 1 atom stereocenters. The van der Waals surface area contributed by atoms with Crippen molar-refractivity contribution >= 4 is 17.6 Å². The Morgan fingerprint density at radius 2 is 2.25 bits per heavy atom. The summed E-state index contributed by atoms with van der Waals surface area (Å²) in [7, 11) is 0. The predicted octanol–water partition coefficient (Wildman–Crippen LogP) is 2.86. The Labute approximate surface area is 125 Å². The average molecular weight is 302 g/mol. The molecule has 1 unspecified atom stereocenters. The van der Waals surface area contributed by atoms with E-state index in [-0.39, 0.29) is 6.04 Å². The van der Waals surface area contributed by atoms with Crippen LogP contribution in [0.2, 0.25) is 5.02 Å².